The molecule has 0 amide bonds. The van der Waals surface area contributed by atoms with E-state index in [9.17, 15) is 13.2 Å². The molecular weight excluding hydrogens is 241 g/mol. The van der Waals surface area contributed by atoms with Gasteiger partial charge in [-0.15, -0.1) is 0 Å². The third kappa shape index (κ3) is 1.70. The van der Waals surface area contributed by atoms with Gasteiger partial charge in [-0.25, -0.2) is 0 Å². The Kier molecular flexibility index (Phi) is 2.41. The van der Waals surface area contributed by atoms with Gasteiger partial charge in [0.2, 0.25) is 0 Å². The first-order valence-corrected chi connectivity index (χ1v) is 5.91. The summed E-state index contributed by atoms with van der Waals surface area (Å²) >= 11 is 0. The number of hydrogen-bond donors (Lipinski definition) is 1. The quantitative estimate of drug-likeness (QED) is 0.770. The Labute approximate surface area is 102 Å². The third-order valence-corrected chi connectivity index (χ3v) is 3.50. The molecule has 2 nitrogen and oxygen atoms in total. The number of nitrogens with two attached hydrogens (primary N) is 1. The molecule has 0 aliphatic carbocycles. The zero-order chi connectivity index (χ0) is 12.9. The maximum Gasteiger partial charge on any atom is 0.418 e. The summed E-state index contributed by atoms with van der Waals surface area (Å²) in [5.74, 6) is 0. The molecule has 0 radical (unpaired) electrons. The number of fused-ring (bicyclic) bond motifs is 3. The summed E-state index contributed by atoms with van der Waals surface area (Å²) in [6.07, 6.45) is -2.75. The Morgan fingerprint density at radius 3 is 2.78 bits per heavy atom. The number of halogens is 3. The predicted molar refractivity (Wildman–Crippen MR) is 63.2 cm³/mol. The fraction of sp³-hybridized carbons (Fsp3) is 0.385. The van der Waals surface area contributed by atoms with Crippen molar-refractivity contribution in [3.05, 3.63) is 35.5 Å². The van der Waals surface area contributed by atoms with Crippen LogP contribution in [0.3, 0.4) is 0 Å². The topological polar surface area (TPSA) is 30.9 Å². The van der Waals surface area contributed by atoms with Crippen molar-refractivity contribution in [2.75, 3.05) is 0 Å². The van der Waals surface area contributed by atoms with Crippen LogP contribution in [0.5, 0.6) is 0 Å². The molecular formula is C13H13F3N2. The van der Waals surface area contributed by atoms with Gasteiger partial charge in [-0.05, 0) is 25.0 Å². The second-order valence-corrected chi connectivity index (χ2v) is 4.79. The Morgan fingerprint density at radius 2 is 2.06 bits per heavy atom. The van der Waals surface area contributed by atoms with E-state index >= 15 is 0 Å². The van der Waals surface area contributed by atoms with Gasteiger partial charge in [0.25, 0.3) is 0 Å². The summed E-state index contributed by atoms with van der Waals surface area (Å²) in [5.41, 5.74) is 6.51. The standard InChI is InChI=1S/C13H13F3N2/c14-13(15,16)11-3-1-2-8-6-10-5-4-9(17)7-18(10)12(8)11/h1-3,6,9H,4-5,7,17H2. The van der Waals surface area contributed by atoms with Crippen LogP contribution in [0.15, 0.2) is 24.3 Å². The van der Waals surface area contributed by atoms with Crippen LogP contribution in [-0.4, -0.2) is 10.6 Å². The zero-order valence-corrected chi connectivity index (χ0v) is 9.67. The first kappa shape index (κ1) is 11.6. The molecule has 1 aromatic carbocycles. The lowest BCUT2D eigenvalue weighted by Gasteiger charge is -2.23. The molecule has 2 aromatic rings. The molecule has 0 bridgehead atoms. The summed E-state index contributed by atoms with van der Waals surface area (Å²) in [4.78, 5) is 0. The molecule has 96 valence electrons. The van der Waals surface area contributed by atoms with Crippen molar-refractivity contribution in [1.29, 1.82) is 0 Å². The highest BCUT2D eigenvalue weighted by atomic mass is 19.4. The number of rotatable bonds is 0. The average molecular weight is 254 g/mol. The molecule has 1 atom stereocenters. The number of nitrogens with zero attached hydrogens (tertiary/aromatic N) is 1. The monoisotopic (exact) mass is 254 g/mol. The summed E-state index contributed by atoms with van der Waals surface area (Å²) in [5, 5.41) is 0.647. The minimum atomic E-state index is -4.32. The first-order valence-electron chi connectivity index (χ1n) is 5.91. The van der Waals surface area contributed by atoms with Crippen LogP contribution in [0, 0.1) is 0 Å². The summed E-state index contributed by atoms with van der Waals surface area (Å²) in [6.45, 7) is 0.464. The molecule has 3 rings (SSSR count). The SMILES string of the molecule is NC1CCc2cc3cccc(C(F)(F)F)c3n2C1. The Hall–Kier alpha value is -1.49. The Bertz CT molecular complexity index is 598. The van der Waals surface area contributed by atoms with Gasteiger partial charge in [0, 0.05) is 23.7 Å². The van der Waals surface area contributed by atoms with E-state index < -0.39 is 11.7 Å². The molecule has 2 N–H and O–H groups in total. The van der Waals surface area contributed by atoms with Crippen molar-refractivity contribution in [2.24, 2.45) is 5.73 Å². The van der Waals surface area contributed by atoms with Gasteiger partial charge >= 0.3 is 6.18 Å². The van der Waals surface area contributed by atoms with Crippen LogP contribution in [0.1, 0.15) is 17.7 Å². The van der Waals surface area contributed by atoms with Gasteiger partial charge in [-0.1, -0.05) is 12.1 Å². The first-order chi connectivity index (χ1) is 8.47. The van der Waals surface area contributed by atoms with E-state index in [0.29, 0.717) is 11.9 Å². The highest BCUT2D eigenvalue weighted by Crippen LogP contribution is 2.37. The van der Waals surface area contributed by atoms with E-state index in [4.69, 9.17) is 5.73 Å². The van der Waals surface area contributed by atoms with Gasteiger partial charge in [-0.3, -0.25) is 0 Å². The van der Waals surface area contributed by atoms with E-state index in [2.05, 4.69) is 0 Å². The maximum atomic E-state index is 13.0. The van der Waals surface area contributed by atoms with Crippen LogP contribution in [-0.2, 0) is 19.1 Å². The Balaban J connectivity index is 2.30. The minimum absolute atomic E-state index is 0.0608. The second kappa shape index (κ2) is 3.75. The van der Waals surface area contributed by atoms with Gasteiger partial charge < -0.3 is 10.3 Å². The van der Waals surface area contributed by atoms with Crippen LogP contribution in [0.2, 0.25) is 0 Å². The Morgan fingerprint density at radius 1 is 1.28 bits per heavy atom. The molecule has 0 saturated carbocycles. The highest BCUT2D eigenvalue weighted by molar-refractivity contribution is 5.85. The molecule has 0 fully saturated rings. The molecule has 18 heavy (non-hydrogen) atoms. The van der Waals surface area contributed by atoms with Crippen molar-refractivity contribution in [3.63, 3.8) is 0 Å². The average Bonchev–Trinajstić information content (AvgIpc) is 2.65. The van der Waals surface area contributed by atoms with Crippen LogP contribution >= 0.6 is 0 Å². The highest BCUT2D eigenvalue weighted by Gasteiger charge is 2.34. The molecule has 5 heteroatoms. The van der Waals surface area contributed by atoms with Gasteiger partial charge in [0.1, 0.15) is 0 Å². The molecule has 1 aliphatic heterocycles. The van der Waals surface area contributed by atoms with Crippen molar-refractivity contribution >= 4 is 10.9 Å². The van der Waals surface area contributed by atoms with Crippen molar-refractivity contribution in [3.8, 4) is 0 Å². The van der Waals surface area contributed by atoms with Gasteiger partial charge in [0.15, 0.2) is 0 Å². The normalized spacial score (nSPS) is 20.1. The van der Waals surface area contributed by atoms with E-state index in [-0.39, 0.29) is 11.6 Å². The van der Waals surface area contributed by atoms with Crippen LogP contribution < -0.4 is 5.73 Å². The number of para-hydroxylation sites is 1. The molecule has 1 aliphatic rings. The molecule has 0 spiro atoms. The van der Waals surface area contributed by atoms with Crippen LogP contribution in [0.25, 0.3) is 10.9 Å². The number of alkyl halides is 3. The summed E-state index contributed by atoms with van der Waals surface area (Å²) in [7, 11) is 0. The lowest BCUT2D eigenvalue weighted by molar-refractivity contribution is -0.136. The number of hydrogen-bond acceptors (Lipinski definition) is 1. The number of benzene rings is 1. The van der Waals surface area contributed by atoms with Gasteiger partial charge in [-0.2, -0.15) is 13.2 Å². The van der Waals surface area contributed by atoms with Crippen molar-refractivity contribution < 1.29 is 13.2 Å². The molecule has 1 unspecified atom stereocenters. The van der Waals surface area contributed by atoms with E-state index in [1.165, 1.54) is 6.07 Å². The smallest absolute Gasteiger partial charge is 0.343 e. The summed E-state index contributed by atoms with van der Waals surface area (Å²) < 4.78 is 40.8. The molecule has 1 aromatic heterocycles. The van der Waals surface area contributed by atoms with Crippen LogP contribution in [0.4, 0.5) is 13.2 Å². The lowest BCUT2D eigenvalue weighted by atomic mass is 10.1. The minimum Gasteiger partial charge on any atom is -0.343 e. The predicted octanol–water partition coefficient (Wildman–Crippen LogP) is 2.93. The fourth-order valence-electron chi connectivity index (χ4n) is 2.68. The number of aryl methyl sites for hydroxylation is 1. The lowest BCUT2D eigenvalue weighted by Crippen LogP contribution is -2.31. The second-order valence-electron chi connectivity index (χ2n) is 4.79. The maximum absolute atomic E-state index is 13.0. The molecule has 2 heterocycles. The van der Waals surface area contributed by atoms with Crippen molar-refractivity contribution in [2.45, 2.75) is 31.6 Å². The van der Waals surface area contributed by atoms with E-state index in [0.717, 1.165) is 24.6 Å². The van der Waals surface area contributed by atoms with Gasteiger partial charge in [0.05, 0.1) is 11.1 Å². The molecule has 0 saturated heterocycles. The summed E-state index contributed by atoms with van der Waals surface area (Å²) in [6, 6.07) is 6.10. The van der Waals surface area contributed by atoms with Crippen molar-refractivity contribution in [1.82, 2.24) is 4.57 Å². The largest absolute Gasteiger partial charge is 0.418 e. The van der Waals surface area contributed by atoms with E-state index in [1.807, 2.05) is 6.07 Å². The van der Waals surface area contributed by atoms with E-state index in [1.54, 1.807) is 10.6 Å². The number of aromatic nitrogens is 1. The third-order valence-electron chi connectivity index (χ3n) is 3.50. The fourth-order valence-corrected chi connectivity index (χ4v) is 2.68. The zero-order valence-electron chi connectivity index (χ0n) is 9.67.